The van der Waals surface area contributed by atoms with E-state index in [-0.39, 0.29) is 11.6 Å². The molecule has 1 atom stereocenters. The maximum atomic E-state index is 6.04. The summed E-state index contributed by atoms with van der Waals surface area (Å²) < 4.78 is 7.91. The first-order chi connectivity index (χ1) is 9.22. The summed E-state index contributed by atoms with van der Waals surface area (Å²) in [5.74, 6) is 0. The highest BCUT2D eigenvalue weighted by atomic mass is 16.5. The first kappa shape index (κ1) is 14.5. The molecule has 1 aromatic rings. The molecule has 0 amide bonds. The van der Waals surface area contributed by atoms with Crippen molar-refractivity contribution in [1.29, 1.82) is 0 Å². The van der Waals surface area contributed by atoms with E-state index < -0.39 is 0 Å². The van der Waals surface area contributed by atoms with Gasteiger partial charge >= 0.3 is 0 Å². The van der Waals surface area contributed by atoms with Crippen LogP contribution in [0, 0.1) is 0 Å². The van der Waals surface area contributed by atoms with E-state index in [9.17, 15) is 0 Å². The average molecular weight is 265 g/mol. The molecule has 19 heavy (non-hydrogen) atoms. The third-order valence-electron chi connectivity index (χ3n) is 4.35. The molecule has 1 unspecified atom stereocenters. The Labute approximate surface area is 116 Å². The highest BCUT2D eigenvalue weighted by Gasteiger charge is 2.40. The van der Waals surface area contributed by atoms with Gasteiger partial charge in [-0.3, -0.25) is 4.68 Å². The van der Waals surface area contributed by atoms with Crippen LogP contribution in [0.25, 0.3) is 0 Å². The SMILES string of the molecule is CCNC(c1cnn(C)c1)C1(OC)CCCCCC1. The van der Waals surface area contributed by atoms with Crippen molar-refractivity contribution in [3.05, 3.63) is 18.0 Å². The predicted octanol–water partition coefficient (Wildman–Crippen LogP) is 2.81. The number of nitrogens with one attached hydrogen (secondary N) is 1. The average Bonchev–Trinajstić information content (AvgIpc) is 2.70. The summed E-state index contributed by atoms with van der Waals surface area (Å²) >= 11 is 0. The summed E-state index contributed by atoms with van der Waals surface area (Å²) in [6.07, 6.45) is 11.5. The van der Waals surface area contributed by atoms with Crippen LogP contribution in [0.2, 0.25) is 0 Å². The number of aryl methyl sites for hydroxylation is 1. The molecule has 4 heteroatoms. The van der Waals surface area contributed by atoms with Crippen molar-refractivity contribution in [3.63, 3.8) is 0 Å². The van der Waals surface area contributed by atoms with Crippen molar-refractivity contribution >= 4 is 0 Å². The van der Waals surface area contributed by atoms with Gasteiger partial charge in [0.25, 0.3) is 0 Å². The minimum Gasteiger partial charge on any atom is -0.376 e. The van der Waals surface area contributed by atoms with E-state index in [2.05, 4.69) is 23.5 Å². The fraction of sp³-hybridized carbons (Fsp3) is 0.800. The van der Waals surface area contributed by atoms with Gasteiger partial charge in [0.15, 0.2) is 0 Å². The fourth-order valence-electron chi connectivity index (χ4n) is 3.34. The van der Waals surface area contributed by atoms with E-state index >= 15 is 0 Å². The Hall–Kier alpha value is -0.870. The van der Waals surface area contributed by atoms with Gasteiger partial charge in [-0.15, -0.1) is 0 Å². The number of likely N-dealkylation sites (N-methyl/N-ethyl adjacent to an activating group) is 1. The third kappa shape index (κ3) is 3.18. The van der Waals surface area contributed by atoms with Crippen molar-refractivity contribution in [3.8, 4) is 0 Å². The number of hydrogen-bond donors (Lipinski definition) is 1. The lowest BCUT2D eigenvalue weighted by Crippen LogP contribution is -2.45. The van der Waals surface area contributed by atoms with Crippen LogP contribution in [-0.4, -0.2) is 29.0 Å². The van der Waals surface area contributed by atoms with Gasteiger partial charge in [0.1, 0.15) is 0 Å². The van der Waals surface area contributed by atoms with Gasteiger partial charge in [0.2, 0.25) is 0 Å². The molecule has 4 nitrogen and oxygen atoms in total. The largest absolute Gasteiger partial charge is 0.376 e. The predicted molar refractivity (Wildman–Crippen MR) is 77.1 cm³/mol. The van der Waals surface area contributed by atoms with Gasteiger partial charge in [-0.1, -0.05) is 32.6 Å². The summed E-state index contributed by atoms with van der Waals surface area (Å²) in [6.45, 7) is 3.11. The molecule has 0 aromatic carbocycles. The number of ether oxygens (including phenoxy) is 1. The van der Waals surface area contributed by atoms with Crippen LogP contribution in [0.4, 0.5) is 0 Å². The van der Waals surface area contributed by atoms with Gasteiger partial charge in [0.05, 0.1) is 17.8 Å². The topological polar surface area (TPSA) is 39.1 Å². The Bertz CT molecular complexity index is 380. The summed E-state index contributed by atoms with van der Waals surface area (Å²) in [7, 11) is 3.84. The van der Waals surface area contributed by atoms with Crippen LogP contribution in [0.1, 0.15) is 57.1 Å². The first-order valence-corrected chi connectivity index (χ1v) is 7.49. The van der Waals surface area contributed by atoms with Gasteiger partial charge in [-0.2, -0.15) is 5.10 Å². The lowest BCUT2D eigenvalue weighted by atomic mass is 9.83. The highest BCUT2D eigenvalue weighted by molar-refractivity contribution is 5.16. The van der Waals surface area contributed by atoms with Gasteiger partial charge in [-0.25, -0.2) is 0 Å². The van der Waals surface area contributed by atoms with E-state index in [1.807, 2.05) is 25.0 Å². The van der Waals surface area contributed by atoms with E-state index in [4.69, 9.17) is 4.74 Å². The smallest absolute Gasteiger partial charge is 0.0873 e. The number of hydrogen-bond acceptors (Lipinski definition) is 3. The van der Waals surface area contributed by atoms with E-state index in [0.717, 1.165) is 19.4 Å². The standard InChI is InChI=1S/C15H27N3O/c1-4-16-14(13-11-17-18(2)12-13)15(19-3)9-7-5-6-8-10-15/h11-12,14,16H,4-10H2,1-3H3. The van der Waals surface area contributed by atoms with Crippen LogP contribution in [-0.2, 0) is 11.8 Å². The number of rotatable bonds is 5. The lowest BCUT2D eigenvalue weighted by molar-refractivity contribution is -0.0537. The van der Waals surface area contributed by atoms with Gasteiger partial charge in [0, 0.05) is 25.9 Å². The maximum absolute atomic E-state index is 6.04. The zero-order chi connectivity index (χ0) is 13.7. The number of methoxy groups -OCH3 is 1. The van der Waals surface area contributed by atoms with Crippen LogP contribution in [0.5, 0.6) is 0 Å². The molecule has 1 aliphatic rings. The molecule has 2 rings (SSSR count). The summed E-state index contributed by atoms with van der Waals surface area (Å²) in [5.41, 5.74) is 1.17. The number of nitrogens with zero attached hydrogens (tertiary/aromatic N) is 2. The van der Waals surface area contributed by atoms with Crippen molar-refractivity contribution in [2.75, 3.05) is 13.7 Å². The van der Waals surface area contributed by atoms with Crippen molar-refractivity contribution in [1.82, 2.24) is 15.1 Å². The van der Waals surface area contributed by atoms with Crippen molar-refractivity contribution in [2.24, 2.45) is 7.05 Å². The molecule has 1 fully saturated rings. The zero-order valence-electron chi connectivity index (χ0n) is 12.5. The molecule has 1 N–H and O–H groups in total. The van der Waals surface area contributed by atoms with Crippen LogP contribution in [0.15, 0.2) is 12.4 Å². The van der Waals surface area contributed by atoms with Crippen molar-refractivity contribution in [2.45, 2.75) is 57.1 Å². The summed E-state index contributed by atoms with van der Waals surface area (Å²) in [5, 5.41) is 7.95. The zero-order valence-corrected chi connectivity index (χ0v) is 12.5. The Balaban J connectivity index is 2.28. The third-order valence-corrected chi connectivity index (χ3v) is 4.35. The fourth-order valence-corrected chi connectivity index (χ4v) is 3.34. The van der Waals surface area contributed by atoms with Gasteiger partial charge in [-0.05, 0) is 19.4 Å². The molecule has 0 spiro atoms. The Morgan fingerprint density at radius 2 is 2.05 bits per heavy atom. The molecule has 1 saturated carbocycles. The molecular formula is C15H27N3O. The molecule has 0 bridgehead atoms. The first-order valence-electron chi connectivity index (χ1n) is 7.49. The monoisotopic (exact) mass is 265 g/mol. The molecule has 0 saturated heterocycles. The molecule has 1 aliphatic carbocycles. The Morgan fingerprint density at radius 3 is 2.53 bits per heavy atom. The summed E-state index contributed by atoms with van der Waals surface area (Å²) in [4.78, 5) is 0. The molecule has 0 aliphatic heterocycles. The second-order valence-electron chi connectivity index (χ2n) is 5.62. The number of aromatic nitrogens is 2. The van der Waals surface area contributed by atoms with Crippen LogP contribution >= 0.6 is 0 Å². The minimum absolute atomic E-state index is 0.0739. The van der Waals surface area contributed by atoms with Crippen LogP contribution < -0.4 is 5.32 Å². The van der Waals surface area contributed by atoms with Gasteiger partial charge < -0.3 is 10.1 Å². The molecule has 1 aromatic heterocycles. The minimum atomic E-state index is -0.0739. The normalized spacial score (nSPS) is 21.0. The highest BCUT2D eigenvalue weighted by Crippen LogP contribution is 2.40. The second-order valence-corrected chi connectivity index (χ2v) is 5.62. The Morgan fingerprint density at radius 1 is 1.37 bits per heavy atom. The Kier molecular flexibility index (Phi) is 4.99. The van der Waals surface area contributed by atoms with E-state index in [1.165, 1.54) is 31.2 Å². The van der Waals surface area contributed by atoms with E-state index in [0.29, 0.717) is 0 Å². The molecular weight excluding hydrogens is 238 g/mol. The van der Waals surface area contributed by atoms with Crippen molar-refractivity contribution < 1.29 is 4.74 Å². The molecule has 1 heterocycles. The maximum Gasteiger partial charge on any atom is 0.0873 e. The van der Waals surface area contributed by atoms with Crippen LogP contribution in [0.3, 0.4) is 0 Å². The molecule has 108 valence electrons. The summed E-state index contributed by atoms with van der Waals surface area (Å²) in [6, 6.07) is 0.245. The lowest BCUT2D eigenvalue weighted by Gasteiger charge is -2.39. The van der Waals surface area contributed by atoms with E-state index in [1.54, 1.807) is 0 Å². The molecule has 0 radical (unpaired) electrons. The quantitative estimate of drug-likeness (QED) is 0.832. The second kappa shape index (κ2) is 6.53.